The number of fused-ring (bicyclic) bond motifs is 1. The van der Waals surface area contributed by atoms with E-state index in [0.29, 0.717) is 5.41 Å². The van der Waals surface area contributed by atoms with E-state index >= 15 is 0 Å². The first-order valence-corrected chi connectivity index (χ1v) is 8.59. The fraction of sp³-hybridized carbons (Fsp3) is 0.750. The molecule has 0 saturated heterocycles. The van der Waals surface area contributed by atoms with Crippen molar-refractivity contribution in [3.63, 3.8) is 0 Å². The Labute approximate surface area is 131 Å². The van der Waals surface area contributed by atoms with Gasteiger partial charge in [0.05, 0.1) is 5.69 Å². The number of nitrogens with zero attached hydrogens (tertiary/aromatic N) is 3. The molecule has 2 aromatic rings. The quantitative estimate of drug-likeness (QED) is 0.853. The molecule has 1 aliphatic carbocycles. The summed E-state index contributed by atoms with van der Waals surface area (Å²) in [6, 6.07) is 0. The molecule has 0 spiro atoms. The molecule has 21 heavy (non-hydrogen) atoms. The summed E-state index contributed by atoms with van der Waals surface area (Å²) in [5, 5.41) is 4.68. The summed E-state index contributed by atoms with van der Waals surface area (Å²) in [6.45, 7) is 5.61. The first kappa shape index (κ1) is 14.8. The maximum atomic E-state index is 5.59. The maximum absolute atomic E-state index is 5.59. The molecule has 4 nitrogen and oxygen atoms in total. The van der Waals surface area contributed by atoms with E-state index < -0.39 is 0 Å². The van der Waals surface area contributed by atoms with Gasteiger partial charge < -0.3 is 9.55 Å². The largest absolute Gasteiger partial charge is 0.328 e. The molecule has 0 bridgehead atoms. The lowest BCUT2D eigenvalue weighted by atomic mass is 9.75. The Morgan fingerprint density at radius 3 is 2.67 bits per heavy atom. The lowest BCUT2D eigenvalue weighted by Crippen LogP contribution is -2.26. The van der Waals surface area contributed by atoms with Crippen molar-refractivity contribution in [2.45, 2.75) is 65.3 Å². The zero-order chi connectivity index (χ0) is 15.0. The Morgan fingerprint density at radius 2 is 2.00 bits per heavy atom. The van der Waals surface area contributed by atoms with Crippen molar-refractivity contribution in [2.24, 2.45) is 12.5 Å². The Kier molecular flexibility index (Phi) is 3.95. The Balaban J connectivity index is 2.02. The van der Waals surface area contributed by atoms with E-state index in [-0.39, 0.29) is 0 Å². The monoisotopic (exact) mass is 306 g/mol. The molecule has 2 aromatic heterocycles. The molecule has 0 unspecified atom stereocenters. The topological polar surface area (TPSA) is 38.5 Å². The van der Waals surface area contributed by atoms with Gasteiger partial charge in [-0.3, -0.25) is 4.68 Å². The van der Waals surface area contributed by atoms with E-state index in [2.05, 4.69) is 28.5 Å². The van der Waals surface area contributed by atoms with Gasteiger partial charge in [-0.25, -0.2) is 0 Å². The van der Waals surface area contributed by atoms with Gasteiger partial charge in [0.15, 0.2) is 10.4 Å². The van der Waals surface area contributed by atoms with E-state index in [4.69, 9.17) is 12.2 Å². The third-order valence-electron chi connectivity index (χ3n) is 4.91. The summed E-state index contributed by atoms with van der Waals surface area (Å²) >= 11 is 5.59. The van der Waals surface area contributed by atoms with Crippen LogP contribution >= 0.6 is 12.2 Å². The van der Waals surface area contributed by atoms with Crippen LogP contribution in [0.3, 0.4) is 0 Å². The summed E-state index contributed by atoms with van der Waals surface area (Å²) in [4.78, 5) is 3.40. The molecule has 3 rings (SSSR count). The maximum Gasteiger partial charge on any atom is 0.179 e. The molecule has 1 aliphatic rings. The van der Waals surface area contributed by atoms with Crippen LogP contribution in [0.1, 0.15) is 58.1 Å². The molecule has 116 valence electrons. The van der Waals surface area contributed by atoms with Gasteiger partial charge in [-0.1, -0.05) is 39.5 Å². The molecule has 1 N–H and O–H groups in total. The van der Waals surface area contributed by atoms with Crippen molar-refractivity contribution in [3.8, 4) is 0 Å². The normalized spacial score (nSPS) is 18.4. The van der Waals surface area contributed by atoms with E-state index in [1.54, 1.807) is 0 Å². The van der Waals surface area contributed by atoms with Crippen LogP contribution in [0, 0.1) is 10.2 Å². The average Bonchev–Trinajstić information content (AvgIpc) is 2.90. The van der Waals surface area contributed by atoms with E-state index in [1.165, 1.54) is 32.1 Å². The summed E-state index contributed by atoms with van der Waals surface area (Å²) in [7, 11) is 2.03. The molecule has 2 heterocycles. The molecule has 0 aromatic carbocycles. The van der Waals surface area contributed by atoms with Crippen LogP contribution in [-0.4, -0.2) is 19.3 Å². The minimum atomic E-state index is 0.376. The van der Waals surface area contributed by atoms with E-state index in [1.807, 2.05) is 11.7 Å². The molecule has 1 saturated carbocycles. The van der Waals surface area contributed by atoms with Crippen LogP contribution in [0.2, 0.25) is 0 Å². The molecule has 0 atom stereocenters. The number of aromatic amines is 1. The third kappa shape index (κ3) is 2.68. The second-order valence-electron chi connectivity index (χ2n) is 6.91. The van der Waals surface area contributed by atoms with Crippen LogP contribution in [-0.2, 0) is 20.0 Å². The van der Waals surface area contributed by atoms with Gasteiger partial charge in [-0.2, -0.15) is 5.10 Å². The number of aryl methyl sites for hydroxylation is 2. The Bertz CT molecular complexity index is 685. The van der Waals surface area contributed by atoms with Crippen LogP contribution in [0.25, 0.3) is 11.2 Å². The predicted octanol–water partition coefficient (Wildman–Crippen LogP) is 4.36. The molecule has 5 heteroatoms. The Hall–Kier alpha value is -1.10. The molecular formula is C16H26N4S. The summed E-state index contributed by atoms with van der Waals surface area (Å²) < 4.78 is 5.13. The molecule has 0 amide bonds. The highest BCUT2D eigenvalue weighted by atomic mass is 32.1. The standard InChI is InChI=1S/C16H26N4S/c1-4-8-12-13-14(19(3)18-12)20(15(21)17-13)11-16(2)9-6-5-7-10-16/h4-11H2,1-3H3,(H,17,21). The van der Waals surface area contributed by atoms with Gasteiger partial charge in [-0.15, -0.1) is 0 Å². The zero-order valence-electron chi connectivity index (χ0n) is 13.4. The number of imidazole rings is 1. The van der Waals surface area contributed by atoms with Gasteiger partial charge in [0.1, 0.15) is 5.52 Å². The molecule has 0 aliphatic heterocycles. The van der Waals surface area contributed by atoms with Gasteiger partial charge in [0.25, 0.3) is 0 Å². The highest BCUT2D eigenvalue weighted by Crippen LogP contribution is 2.38. The number of rotatable bonds is 4. The van der Waals surface area contributed by atoms with Gasteiger partial charge >= 0.3 is 0 Å². The predicted molar refractivity (Wildman–Crippen MR) is 89.1 cm³/mol. The van der Waals surface area contributed by atoms with Crippen molar-refractivity contribution in [3.05, 3.63) is 10.5 Å². The number of aromatic nitrogens is 4. The first-order valence-electron chi connectivity index (χ1n) is 8.18. The van der Waals surface area contributed by atoms with Gasteiger partial charge in [0.2, 0.25) is 0 Å². The fourth-order valence-corrected chi connectivity index (χ4v) is 4.03. The minimum Gasteiger partial charge on any atom is -0.328 e. The van der Waals surface area contributed by atoms with Crippen molar-refractivity contribution in [1.82, 2.24) is 19.3 Å². The van der Waals surface area contributed by atoms with Crippen molar-refractivity contribution < 1.29 is 0 Å². The second-order valence-corrected chi connectivity index (χ2v) is 7.29. The van der Waals surface area contributed by atoms with Crippen molar-refractivity contribution >= 4 is 23.4 Å². The van der Waals surface area contributed by atoms with Gasteiger partial charge in [0, 0.05) is 13.6 Å². The summed E-state index contributed by atoms with van der Waals surface area (Å²) in [6.07, 6.45) is 8.81. The van der Waals surface area contributed by atoms with Crippen LogP contribution in [0.4, 0.5) is 0 Å². The average molecular weight is 306 g/mol. The Morgan fingerprint density at radius 1 is 1.29 bits per heavy atom. The molecule has 1 fully saturated rings. The van der Waals surface area contributed by atoms with E-state index in [9.17, 15) is 0 Å². The fourth-order valence-electron chi connectivity index (χ4n) is 3.78. The lowest BCUT2D eigenvalue weighted by Gasteiger charge is -2.33. The number of nitrogens with one attached hydrogen (secondary N) is 1. The summed E-state index contributed by atoms with van der Waals surface area (Å²) in [5.41, 5.74) is 3.83. The molecular weight excluding hydrogens is 280 g/mol. The number of H-pyrrole nitrogens is 1. The summed E-state index contributed by atoms with van der Waals surface area (Å²) in [5.74, 6) is 0. The highest BCUT2D eigenvalue weighted by molar-refractivity contribution is 7.71. The number of hydrogen-bond donors (Lipinski definition) is 1. The smallest absolute Gasteiger partial charge is 0.179 e. The van der Waals surface area contributed by atoms with Crippen LogP contribution < -0.4 is 0 Å². The number of hydrogen-bond acceptors (Lipinski definition) is 2. The van der Waals surface area contributed by atoms with Gasteiger partial charge in [-0.05, 0) is 36.9 Å². The second kappa shape index (κ2) is 5.59. The minimum absolute atomic E-state index is 0.376. The van der Waals surface area contributed by atoms with E-state index in [0.717, 1.165) is 41.0 Å². The lowest BCUT2D eigenvalue weighted by molar-refractivity contribution is 0.183. The zero-order valence-corrected chi connectivity index (χ0v) is 14.2. The van der Waals surface area contributed by atoms with Crippen molar-refractivity contribution in [1.29, 1.82) is 0 Å². The third-order valence-corrected chi connectivity index (χ3v) is 5.23. The van der Waals surface area contributed by atoms with Crippen LogP contribution in [0.15, 0.2) is 0 Å². The van der Waals surface area contributed by atoms with Crippen molar-refractivity contribution in [2.75, 3.05) is 0 Å². The SMILES string of the molecule is CCCc1nn(C)c2c1[nH]c(=S)n2CC1(C)CCCCC1. The molecule has 0 radical (unpaired) electrons. The highest BCUT2D eigenvalue weighted by Gasteiger charge is 2.29. The van der Waals surface area contributed by atoms with Crippen LogP contribution in [0.5, 0.6) is 0 Å². The first-order chi connectivity index (χ1) is 10.0.